The van der Waals surface area contributed by atoms with E-state index in [1.54, 1.807) is 36.4 Å². The summed E-state index contributed by atoms with van der Waals surface area (Å²) in [7, 11) is 0. The Morgan fingerprint density at radius 3 is 2.39 bits per heavy atom. The molecule has 0 aromatic heterocycles. The van der Waals surface area contributed by atoms with Crippen LogP contribution in [0.15, 0.2) is 36.4 Å². The highest BCUT2D eigenvalue weighted by Crippen LogP contribution is 2.27. The predicted octanol–water partition coefficient (Wildman–Crippen LogP) is 4.34. The summed E-state index contributed by atoms with van der Waals surface area (Å²) in [5, 5.41) is 1.54. The number of rotatable bonds is 8. The second-order valence-corrected chi connectivity index (χ2v) is 7.07. The van der Waals surface area contributed by atoms with Gasteiger partial charge in [0.25, 0.3) is 5.91 Å². The number of nitrogens with one attached hydrogen (secondary N) is 2. The molecule has 0 aliphatic heterocycles. The number of carbonyl (C=O) groups is 2. The number of benzene rings is 2. The van der Waals surface area contributed by atoms with Gasteiger partial charge >= 0.3 is 0 Å². The molecular weight excluding hydrogens is 427 g/mol. The molecule has 0 atom stereocenters. The Morgan fingerprint density at radius 1 is 0.929 bits per heavy atom. The van der Waals surface area contributed by atoms with Crippen molar-refractivity contribution >= 4 is 46.6 Å². The molecule has 2 N–H and O–H groups in total. The van der Waals surface area contributed by atoms with E-state index < -0.39 is 5.91 Å². The van der Waals surface area contributed by atoms with Crippen LogP contribution in [0.3, 0.4) is 0 Å². The molecule has 0 saturated heterocycles. The van der Waals surface area contributed by atoms with Gasteiger partial charge in [-0.25, -0.2) is 0 Å². The van der Waals surface area contributed by atoms with Crippen LogP contribution in [0.25, 0.3) is 0 Å². The molecular formula is C19H19Cl3N2O4. The molecule has 2 rings (SSSR count). The van der Waals surface area contributed by atoms with Crippen LogP contribution in [0, 0.1) is 6.92 Å². The Bertz CT molecular complexity index is 846. The van der Waals surface area contributed by atoms with Crippen molar-refractivity contribution in [3.63, 3.8) is 0 Å². The number of hydrogen-bond acceptors (Lipinski definition) is 4. The van der Waals surface area contributed by atoms with Crippen LogP contribution in [-0.4, -0.2) is 25.0 Å². The van der Waals surface area contributed by atoms with E-state index in [0.717, 1.165) is 5.56 Å². The lowest BCUT2D eigenvalue weighted by atomic mass is 10.2. The van der Waals surface area contributed by atoms with Gasteiger partial charge in [-0.05, 0) is 55.3 Å². The second kappa shape index (κ2) is 11.0. The summed E-state index contributed by atoms with van der Waals surface area (Å²) in [4.78, 5) is 23.5. The van der Waals surface area contributed by atoms with Gasteiger partial charge in [-0.3, -0.25) is 20.4 Å². The predicted molar refractivity (Wildman–Crippen MR) is 109 cm³/mol. The SMILES string of the molecule is Cc1cc(OCC(=O)NNC(=O)CCCOc2ccc(Cl)cc2Cl)ccc1Cl. The van der Waals surface area contributed by atoms with Crippen molar-refractivity contribution < 1.29 is 19.1 Å². The van der Waals surface area contributed by atoms with Crippen LogP contribution in [-0.2, 0) is 9.59 Å². The van der Waals surface area contributed by atoms with E-state index in [9.17, 15) is 9.59 Å². The fraction of sp³-hybridized carbons (Fsp3) is 0.263. The van der Waals surface area contributed by atoms with Gasteiger partial charge in [0.15, 0.2) is 6.61 Å². The summed E-state index contributed by atoms with van der Waals surface area (Å²) in [6.07, 6.45) is 0.615. The van der Waals surface area contributed by atoms with E-state index in [1.165, 1.54) is 0 Å². The number of hydrogen-bond donors (Lipinski definition) is 2. The molecule has 0 spiro atoms. The van der Waals surface area contributed by atoms with E-state index in [0.29, 0.717) is 39.6 Å². The quantitative estimate of drug-likeness (QED) is 0.468. The van der Waals surface area contributed by atoms with Crippen molar-refractivity contribution in [1.29, 1.82) is 0 Å². The monoisotopic (exact) mass is 444 g/mol. The molecule has 2 aromatic carbocycles. The summed E-state index contributed by atoms with van der Waals surface area (Å²) in [6.45, 7) is 1.89. The third-order valence-corrected chi connectivity index (χ3v) is 4.49. The third kappa shape index (κ3) is 7.46. The zero-order valence-electron chi connectivity index (χ0n) is 15.1. The van der Waals surface area contributed by atoms with Gasteiger partial charge in [-0.15, -0.1) is 0 Å². The van der Waals surface area contributed by atoms with Crippen molar-refractivity contribution in [3.05, 3.63) is 57.0 Å². The lowest BCUT2D eigenvalue weighted by molar-refractivity contribution is -0.130. The van der Waals surface area contributed by atoms with Gasteiger partial charge < -0.3 is 9.47 Å². The fourth-order valence-electron chi connectivity index (χ4n) is 2.10. The fourth-order valence-corrected chi connectivity index (χ4v) is 2.68. The van der Waals surface area contributed by atoms with Crippen LogP contribution in [0.2, 0.25) is 15.1 Å². The van der Waals surface area contributed by atoms with Crippen molar-refractivity contribution in [2.45, 2.75) is 19.8 Å². The molecule has 6 nitrogen and oxygen atoms in total. The van der Waals surface area contributed by atoms with Gasteiger partial charge in [0.1, 0.15) is 11.5 Å². The molecule has 0 saturated carbocycles. The molecule has 9 heteroatoms. The second-order valence-electron chi connectivity index (χ2n) is 5.82. The van der Waals surface area contributed by atoms with Gasteiger partial charge in [-0.2, -0.15) is 0 Å². The minimum absolute atomic E-state index is 0.169. The molecule has 0 fully saturated rings. The average Bonchev–Trinajstić information content (AvgIpc) is 2.66. The molecule has 150 valence electrons. The van der Waals surface area contributed by atoms with Crippen LogP contribution in [0.4, 0.5) is 0 Å². The number of halogens is 3. The molecule has 0 bridgehead atoms. The Kier molecular flexibility index (Phi) is 8.70. The van der Waals surface area contributed by atoms with Crippen LogP contribution in [0.1, 0.15) is 18.4 Å². The Balaban J connectivity index is 1.61. The van der Waals surface area contributed by atoms with Gasteiger partial charge in [0.05, 0.1) is 11.6 Å². The topological polar surface area (TPSA) is 76.7 Å². The maximum absolute atomic E-state index is 11.7. The molecule has 2 aromatic rings. The Labute approximate surface area is 178 Å². The summed E-state index contributed by atoms with van der Waals surface area (Å²) >= 11 is 17.7. The zero-order valence-corrected chi connectivity index (χ0v) is 17.3. The first kappa shape index (κ1) is 22.1. The summed E-state index contributed by atoms with van der Waals surface area (Å²) < 4.78 is 10.8. The first-order valence-electron chi connectivity index (χ1n) is 8.39. The lowest BCUT2D eigenvalue weighted by Gasteiger charge is -2.10. The Hall–Kier alpha value is -2.15. The normalized spacial score (nSPS) is 10.3. The van der Waals surface area contributed by atoms with E-state index in [4.69, 9.17) is 44.3 Å². The van der Waals surface area contributed by atoms with Gasteiger partial charge in [0, 0.05) is 16.5 Å². The number of amides is 2. The largest absolute Gasteiger partial charge is 0.492 e. The number of aryl methyl sites for hydroxylation is 1. The average molecular weight is 446 g/mol. The maximum Gasteiger partial charge on any atom is 0.276 e. The molecule has 2 amide bonds. The molecule has 0 unspecified atom stereocenters. The van der Waals surface area contributed by atoms with Crippen LogP contribution in [0.5, 0.6) is 11.5 Å². The van der Waals surface area contributed by atoms with Crippen molar-refractivity contribution in [1.82, 2.24) is 10.9 Å². The minimum atomic E-state index is -0.481. The first-order valence-corrected chi connectivity index (χ1v) is 9.53. The minimum Gasteiger partial charge on any atom is -0.492 e. The smallest absolute Gasteiger partial charge is 0.276 e. The van der Waals surface area contributed by atoms with E-state index in [1.807, 2.05) is 6.92 Å². The van der Waals surface area contributed by atoms with Gasteiger partial charge in [0.2, 0.25) is 5.91 Å². The summed E-state index contributed by atoms with van der Waals surface area (Å²) in [5.74, 6) is 0.183. The maximum atomic E-state index is 11.7. The van der Waals surface area contributed by atoms with Gasteiger partial charge in [-0.1, -0.05) is 34.8 Å². The summed E-state index contributed by atoms with van der Waals surface area (Å²) in [6, 6.07) is 9.97. The number of hydrazine groups is 1. The van der Waals surface area contributed by atoms with Crippen molar-refractivity contribution in [2.24, 2.45) is 0 Å². The van der Waals surface area contributed by atoms with E-state index in [2.05, 4.69) is 10.9 Å². The third-order valence-electron chi connectivity index (χ3n) is 3.54. The number of carbonyl (C=O) groups excluding carboxylic acids is 2. The van der Waals surface area contributed by atoms with Crippen molar-refractivity contribution in [2.75, 3.05) is 13.2 Å². The first-order chi connectivity index (χ1) is 13.3. The van der Waals surface area contributed by atoms with Crippen LogP contribution >= 0.6 is 34.8 Å². The van der Waals surface area contributed by atoms with E-state index >= 15 is 0 Å². The molecule has 0 heterocycles. The highest BCUT2D eigenvalue weighted by molar-refractivity contribution is 6.35. The number of ether oxygens (including phenoxy) is 2. The molecule has 0 aliphatic carbocycles. The molecule has 0 radical (unpaired) electrons. The van der Waals surface area contributed by atoms with E-state index in [-0.39, 0.29) is 18.9 Å². The standard InChI is InChI=1S/C19H19Cl3N2O4/c1-12-9-14(5-6-15(12)21)28-11-19(26)24-23-18(25)3-2-8-27-17-7-4-13(20)10-16(17)22/h4-7,9-10H,2-3,8,11H2,1H3,(H,23,25)(H,24,26). The molecule has 0 aliphatic rings. The highest BCUT2D eigenvalue weighted by atomic mass is 35.5. The lowest BCUT2D eigenvalue weighted by Crippen LogP contribution is -2.43. The molecule has 28 heavy (non-hydrogen) atoms. The zero-order chi connectivity index (χ0) is 20.5. The van der Waals surface area contributed by atoms with Crippen LogP contribution < -0.4 is 20.3 Å². The van der Waals surface area contributed by atoms with Crippen molar-refractivity contribution in [3.8, 4) is 11.5 Å². The Morgan fingerprint density at radius 2 is 1.68 bits per heavy atom. The highest BCUT2D eigenvalue weighted by Gasteiger charge is 2.07. The summed E-state index contributed by atoms with van der Waals surface area (Å²) in [5.41, 5.74) is 5.45.